The molecule has 0 aliphatic carbocycles. The Morgan fingerprint density at radius 1 is 1.24 bits per heavy atom. The first-order valence-corrected chi connectivity index (χ1v) is 9.13. The fraction of sp³-hybridized carbons (Fsp3) is 0.429. The summed E-state index contributed by atoms with van der Waals surface area (Å²) in [5.74, 6) is -0.301. The molecule has 1 heterocycles. The van der Waals surface area contributed by atoms with Gasteiger partial charge in [-0.05, 0) is 18.2 Å². The molecule has 2 aromatic rings. The van der Waals surface area contributed by atoms with Gasteiger partial charge in [0.05, 0.1) is 12.1 Å². The largest absolute Gasteiger partial charge is 0.416 e. The third-order valence-electron chi connectivity index (χ3n) is 3.11. The number of hydrogen-bond acceptors (Lipinski definition) is 7. The second-order valence-corrected chi connectivity index (χ2v) is 7.83. The van der Waals surface area contributed by atoms with Crippen LogP contribution in [0.2, 0.25) is 0 Å². The lowest BCUT2D eigenvalue weighted by atomic mass is 10.1. The Morgan fingerprint density at radius 2 is 1.92 bits per heavy atom. The molecular weight excluding hydrogens is 361 g/mol. The van der Waals surface area contributed by atoms with Gasteiger partial charge in [0.15, 0.2) is 15.7 Å². The molecule has 1 aromatic carbocycles. The van der Waals surface area contributed by atoms with Crippen molar-refractivity contribution in [2.45, 2.75) is 18.5 Å². The van der Waals surface area contributed by atoms with Gasteiger partial charge in [0.1, 0.15) is 5.75 Å². The van der Waals surface area contributed by atoms with Crippen LogP contribution in [-0.4, -0.2) is 38.9 Å². The van der Waals surface area contributed by atoms with Crippen molar-refractivity contribution in [2.24, 2.45) is 0 Å². The summed E-state index contributed by atoms with van der Waals surface area (Å²) in [6.45, 7) is -0.0368. The lowest BCUT2D eigenvalue weighted by Crippen LogP contribution is -2.13. The van der Waals surface area contributed by atoms with Crippen molar-refractivity contribution in [3.05, 3.63) is 35.5 Å². The van der Waals surface area contributed by atoms with Crippen molar-refractivity contribution in [3.63, 3.8) is 0 Å². The molecular formula is C14H17F3N4O3S. The quantitative estimate of drug-likeness (QED) is 0.825. The zero-order valence-electron chi connectivity index (χ0n) is 13.8. The lowest BCUT2D eigenvalue weighted by Gasteiger charge is -2.17. The summed E-state index contributed by atoms with van der Waals surface area (Å²) in [4.78, 5) is 5.44. The molecule has 0 atom stereocenters. The average Bonchev–Trinajstić information content (AvgIpc) is 2.89. The minimum atomic E-state index is -4.48. The molecule has 0 saturated heterocycles. The molecule has 138 valence electrons. The maximum atomic E-state index is 13.0. The molecule has 0 spiro atoms. The van der Waals surface area contributed by atoms with E-state index in [0.29, 0.717) is 5.69 Å². The number of sulfone groups is 1. The van der Waals surface area contributed by atoms with Gasteiger partial charge in [-0.15, -0.1) is 0 Å². The van der Waals surface area contributed by atoms with Crippen molar-refractivity contribution >= 4 is 21.2 Å². The Balaban J connectivity index is 2.16. The molecule has 0 unspecified atom stereocenters. The van der Waals surface area contributed by atoms with Gasteiger partial charge in [-0.1, -0.05) is 5.16 Å². The van der Waals surface area contributed by atoms with Crippen LogP contribution in [-0.2, 0) is 28.3 Å². The van der Waals surface area contributed by atoms with E-state index in [9.17, 15) is 21.6 Å². The first-order chi connectivity index (χ1) is 11.4. The highest BCUT2D eigenvalue weighted by molar-refractivity contribution is 7.89. The highest BCUT2D eigenvalue weighted by Gasteiger charge is 2.31. The maximum Gasteiger partial charge on any atom is 0.416 e. The number of aromatic nitrogens is 2. The fourth-order valence-electron chi connectivity index (χ4n) is 1.97. The van der Waals surface area contributed by atoms with Gasteiger partial charge in [0.2, 0.25) is 5.89 Å². The van der Waals surface area contributed by atoms with Crippen LogP contribution in [0, 0.1) is 0 Å². The third-order valence-corrected chi connectivity index (χ3v) is 3.89. The number of alkyl halides is 3. The molecule has 0 aliphatic rings. The third kappa shape index (κ3) is 5.62. The monoisotopic (exact) mass is 378 g/mol. The van der Waals surface area contributed by atoms with Gasteiger partial charge in [-0.25, -0.2) is 8.42 Å². The summed E-state index contributed by atoms with van der Waals surface area (Å²) >= 11 is 0. The van der Waals surface area contributed by atoms with E-state index in [1.807, 2.05) is 0 Å². The lowest BCUT2D eigenvalue weighted by molar-refractivity contribution is -0.137. The molecule has 7 nitrogen and oxygen atoms in total. The molecule has 0 saturated carbocycles. The van der Waals surface area contributed by atoms with Crippen molar-refractivity contribution in [3.8, 4) is 0 Å². The van der Waals surface area contributed by atoms with Crippen LogP contribution >= 0.6 is 0 Å². The molecule has 11 heteroatoms. The number of rotatable bonds is 6. The van der Waals surface area contributed by atoms with Crippen molar-refractivity contribution < 1.29 is 26.1 Å². The number of nitrogens with one attached hydrogen (secondary N) is 1. The number of nitrogens with zero attached hydrogens (tertiary/aromatic N) is 3. The maximum absolute atomic E-state index is 13.0. The van der Waals surface area contributed by atoms with Gasteiger partial charge in [0, 0.05) is 31.7 Å². The van der Waals surface area contributed by atoms with Crippen LogP contribution in [0.5, 0.6) is 0 Å². The van der Waals surface area contributed by atoms with E-state index in [-0.39, 0.29) is 29.7 Å². The van der Waals surface area contributed by atoms with E-state index >= 15 is 0 Å². The van der Waals surface area contributed by atoms with Gasteiger partial charge in [-0.2, -0.15) is 18.2 Å². The number of benzene rings is 1. The summed E-state index contributed by atoms with van der Waals surface area (Å²) in [6.07, 6.45) is -3.44. The van der Waals surface area contributed by atoms with Gasteiger partial charge in [0.25, 0.3) is 0 Å². The minimum Gasteiger partial charge on any atom is -0.378 e. The van der Waals surface area contributed by atoms with Gasteiger partial charge >= 0.3 is 6.18 Å². The van der Waals surface area contributed by atoms with E-state index in [0.717, 1.165) is 18.4 Å². The first kappa shape index (κ1) is 19.0. The Morgan fingerprint density at radius 3 is 2.48 bits per heavy atom. The molecule has 1 aromatic heterocycles. The van der Waals surface area contributed by atoms with Crippen molar-refractivity contribution in [2.75, 3.05) is 30.6 Å². The van der Waals surface area contributed by atoms with Crippen molar-refractivity contribution in [1.29, 1.82) is 0 Å². The number of hydrogen-bond donors (Lipinski definition) is 1. The highest BCUT2D eigenvalue weighted by Crippen LogP contribution is 2.34. The number of anilines is 2. The van der Waals surface area contributed by atoms with E-state index in [2.05, 4.69) is 15.5 Å². The summed E-state index contributed by atoms with van der Waals surface area (Å²) in [5, 5.41) is 6.30. The van der Waals surface area contributed by atoms with Crippen LogP contribution in [0.1, 0.15) is 17.3 Å². The molecule has 0 fully saturated rings. The second-order valence-electron chi connectivity index (χ2n) is 5.69. The van der Waals surface area contributed by atoms with Crippen LogP contribution in [0.3, 0.4) is 0 Å². The smallest absolute Gasteiger partial charge is 0.378 e. The molecule has 0 aliphatic heterocycles. The summed E-state index contributed by atoms with van der Waals surface area (Å²) < 4.78 is 66.2. The predicted octanol–water partition coefficient (Wildman–Crippen LogP) is 2.31. The Labute approximate surface area is 142 Å². The van der Waals surface area contributed by atoms with Crippen LogP contribution < -0.4 is 10.2 Å². The topological polar surface area (TPSA) is 88.3 Å². The van der Waals surface area contributed by atoms with Crippen LogP contribution in [0.25, 0.3) is 0 Å². The van der Waals surface area contributed by atoms with E-state index in [1.54, 1.807) is 25.1 Å². The summed E-state index contributed by atoms with van der Waals surface area (Å²) in [5.41, 5.74) is -0.188. The Bertz CT molecular complexity index is 847. The standard InChI is InChI=1S/C14H17F3N4O3S/c1-21(2)11-5-9(14(15,16)17)4-10(6-11)18-7-13-19-12(20-24-13)8-25(3,22)23/h4-6,18H,7-8H2,1-3H3. The summed E-state index contributed by atoms with van der Waals surface area (Å²) in [6, 6.07) is 3.56. The highest BCUT2D eigenvalue weighted by atomic mass is 32.2. The van der Waals surface area contributed by atoms with Crippen LogP contribution in [0.4, 0.5) is 24.5 Å². The Hall–Kier alpha value is -2.30. The van der Waals surface area contributed by atoms with Crippen LogP contribution in [0.15, 0.2) is 22.7 Å². The molecule has 25 heavy (non-hydrogen) atoms. The number of halogens is 3. The SMILES string of the molecule is CN(C)c1cc(NCc2nc(CS(C)(=O)=O)no2)cc(C(F)(F)F)c1. The zero-order valence-corrected chi connectivity index (χ0v) is 14.6. The average molecular weight is 378 g/mol. The predicted molar refractivity (Wildman–Crippen MR) is 85.9 cm³/mol. The molecule has 0 bridgehead atoms. The fourth-order valence-corrected chi connectivity index (χ4v) is 2.55. The molecule has 1 N–H and O–H groups in total. The Kier molecular flexibility index (Phi) is 5.26. The first-order valence-electron chi connectivity index (χ1n) is 7.07. The van der Waals surface area contributed by atoms with E-state index < -0.39 is 21.6 Å². The van der Waals surface area contributed by atoms with Gasteiger partial charge < -0.3 is 14.7 Å². The molecule has 0 amide bonds. The van der Waals surface area contributed by atoms with E-state index in [4.69, 9.17) is 4.52 Å². The molecule has 0 radical (unpaired) electrons. The second kappa shape index (κ2) is 6.90. The van der Waals surface area contributed by atoms with E-state index in [1.165, 1.54) is 0 Å². The zero-order chi connectivity index (χ0) is 18.8. The normalized spacial score (nSPS) is 12.2. The van der Waals surface area contributed by atoms with Crippen molar-refractivity contribution in [1.82, 2.24) is 10.1 Å². The minimum absolute atomic E-state index is 0.00248. The summed E-state index contributed by atoms with van der Waals surface area (Å²) in [7, 11) is -0.0367. The van der Waals surface area contributed by atoms with Gasteiger partial charge in [-0.3, -0.25) is 0 Å². The molecule has 2 rings (SSSR count).